The molecular formula is C23H24N2O. The summed E-state index contributed by atoms with van der Waals surface area (Å²) in [6, 6.07) is 21.2. The van der Waals surface area contributed by atoms with Crippen molar-refractivity contribution < 1.29 is 4.74 Å². The van der Waals surface area contributed by atoms with Gasteiger partial charge < -0.3 is 10.1 Å². The van der Waals surface area contributed by atoms with E-state index in [-0.39, 0.29) is 12.1 Å². The Balaban J connectivity index is 1.45. The topological polar surface area (TPSA) is 33.6 Å². The number of hydrogen-bond acceptors (Lipinski definition) is 3. The fourth-order valence-electron chi connectivity index (χ4n) is 3.61. The van der Waals surface area contributed by atoms with Crippen LogP contribution in [0.15, 0.2) is 90.0 Å². The molecule has 132 valence electrons. The van der Waals surface area contributed by atoms with Gasteiger partial charge >= 0.3 is 0 Å². The summed E-state index contributed by atoms with van der Waals surface area (Å²) in [6.07, 6.45) is 9.83. The molecule has 3 atom stereocenters. The molecule has 0 saturated heterocycles. The first-order valence-corrected chi connectivity index (χ1v) is 9.23. The second kappa shape index (κ2) is 8.15. The van der Waals surface area contributed by atoms with Crippen LogP contribution in [0.5, 0.6) is 0 Å². The van der Waals surface area contributed by atoms with Crippen molar-refractivity contribution in [2.24, 2.45) is 10.9 Å². The Morgan fingerprint density at radius 3 is 2.42 bits per heavy atom. The SMILES string of the molecule is C1=CCC([C@@H]2NC(COCc3ccccc3)=N[C@@H]2c2ccccc2)C=C1. The lowest BCUT2D eigenvalue weighted by molar-refractivity contribution is 0.156. The molecule has 3 heteroatoms. The molecule has 0 bridgehead atoms. The molecule has 0 fully saturated rings. The third kappa shape index (κ3) is 3.94. The van der Waals surface area contributed by atoms with E-state index >= 15 is 0 Å². The van der Waals surface area contributed by atoms with E-state index in [1.54, 1.807) is 0 Å². The summed E-state index contributed by atoms with van der Waals surface area (Å²) >= 11 is 0. The van der Waals surface area contributed by atoms with Gasteiger partial charge in [0.15, 0.2) is 0 Å². The van der Waals surface area contributed by atoms with Gasteiger partial charge in [-0.25, -0.2) is 0 Å². The highest BCUT2D eigenvalue weighted by Gasteiger charge is 2.34. The summed E-state index contributed by atoms with van der Waals surface area (Å²) in [6.45, 7) is 1.12. The summed E-state index contributed by atoms with van der Waals surface area (Å²) in [4.78, 5) is 4.97. The Labute approximate surface area is 155 Å². The summed E-state index contributed by atoms with van der Waals surface area (Å²) in [5, 5.41) is 3.64. The Morgan fingerprint density at radius 1 is 0.923 bits per heavy atom. The van der Waals surface area contributed by atoms with Crippen LogP contribution >= 0.6 is 0 Å². The third-order valence-electron chi connectivity index (χ3n) is 4.93. The third-order valence-corrected chi connectivity index (χ3v) is 4.93. The molecular weight excluding hydrogens is 320 g/mol. The van der Waals surface area contributed by atoms with Crippen molar-refractivity contribution >= 4 is 5.84 Å². The Bertz CT molecular complexity index is 795. The molecule has 1 heterocycles. The molecule has 1 N–H and O–H groups in total. The monoisotopic (exact) mass is 344 g/mol. The Morgan fingerprint density at radius 2 is 1.69 bits per heavy atom. The average Bonchev–Trinajstić information content (AvgIpc) is 3.14. The van der Waals surface area contributed by atoms with Gasteiger partial charge in [-0.05, 0) is 17.5 Å². The minimum atomic E-state index is 0.132. The Kier molecular flexibility index (Phi) is 5.27. The van der Waals surface area contributed by atoms with E-state index in [0.717, 1.165) is 12.3 Å². The number of aliphatic imine (C=N–C) groups is 1. The molecule has 3 nitrogen and oxygen atoms in total. The maximum Gasteiger partial charge on any atom is 0.124 e. The van der Waals surface area contributed by atoms with E-state index in [1.807, 2.05) is 18.2 Å². The summed E-state index contributed by atoms with van der Waals surface area (Å²) < 4.78 is 5.90. The van der Waals surface area contributed by atoms with Gasteiger partial charge in [0, 0.05) is 5.92 Å². The van der Waals surface area contributed by atoms with Crippen LogP contribution in [0.1, 0.15) is 23.6 Å². The zero-order chi connectivity index (χ0) is 17.6. The van der Waals surface area contributed by atoms with Crippen molar-refractivity contribution in [3.8, 4) is 0 Å². The number of amidine groups is 1. The molecule has 26 heavy (non-hydrogen) atoms. The Hall–Kier alpha value is -2.65. The molecule has 0 amide bonds. The fraction of sp³-hybridized carbons (Fsp3) is 0.261. The number of nitrogens with one attached hydrogen (secondary N) is 1. The first kappa shape index (κ1) is 16.8. The molecule has 1 unspecified atom stereocenters. The first-order valence-electron chi connectivity index (χ1n) is 9.23. The lowest BCUT2D eigenvalue weighted by atomic mass is 9.86. The molecule has 0 saturated carbocycles. The van der Waals surface area contributed by atoms with Gasteiger partial charge in [0.1, 0.15) is 12.4 Å². The highest BCUT2D eigenvalue weighted by atomic mass is 16.5. The van der Waals surface area contributed by atoms with Crippen LogP contribution in [0.25, 0.3) is 0 Å². The van der Waals surface area contributed by atoms with E-state index in [1.165, 1.54) is 11.1 Å². The zero-order valence-electron chi connectivity index (χ0n) is 14.8. The number of hydrogen-bond donors (Lipinski definition) is 1. The molecule has 0 aromatic heterocycles. The van der Waals surface area contributed by atoms with Crippen LogP contribution < -0.4 is 5.32 Å². The van der Waals surface area contributed by atoms with Gasteiger partial charge in [-0.2, -0.15) is 0 Å². The van der Waals surface area contributed by atoms with Crippen LogP contribution in [-0.4, -0.2) is 18.5 Å². The summed E-state index contributed by atoms with van der Waals surface area (Å²) in [5.41, 5.74) is 2.44. The quantitative estimate of drug-likeness (QED) is 0.840. The second-order valence-corrected chi connectivity index (χ2v) is 6.79. The smallest absolute Gasteiger partial charge is 0.124 e. The van der Waals surface area contributed by atoms with Gasteiger partial charge in [0.05, 0.1) is 18.7 Å². The molecule has 2 aromatic carbocycles. The van der Waals surface area contributed by atoms with Crippen LogP contribution in [-0.2, 0) is 11.3 Å². The predicted octanol–water partition coefficient (Wildman–Crippen LogP) is 4.45. The van der Waals surface area contributed by atoms with Crippen LogP contribution in [0.2, 0.25) is 0 Å². The number of allylic oxidation sites excluding steroid dienone is 3. The van der Waals surface area contributed by atoms with E-state index in [2.05, 4.69) is 72.1 Å². The van der Waals surface area contributed by atoms with Crippen molar-refractivity contribution in [2.45, 2.75) is 25.1 Å². The predicted molar refractivity (Wildman–Crippen MR) is 106 cm³/mol. The van der Waals surface area contributed by atoms with Crippen molar-refractivity contribution in [1.82, 2.24) is 5.32 Å². The van der Waals surface area contributed by atoms with Gasteiger partial charge in [0.2, 0.25) is 0 Å². The maximum atomic E-state index is 5.90. The number of nitrogens with zero attached hydrogens (tertiary/aromatic N) is 1. The summed E-state index contributed by atoms with van der Waals surface area (Å²) in [5.74, 6) is 1.39. The van der Waals surface area contributed by atoms with Crippen molar-refractivity contribution in [3.05, 3.63) is 96.1 Å². The number of ether oxygens (including phenoxy) is 1. The molecule has 0 radical (unpaired) electrons. The largest absolute Gasteiger partial charge is 0.369 e. The lowest BCUT2D eigenvalue weighted by Gasteiger charge is -2.26. The molecule has 0 spiro atoms. The second-order valence-electron chi connectivity index (χ2n) is 6.79. The fourth-order valence-corrected chi connectivity index (χ4v) is 3.61. The first-order chi connectivity index (χ1) is 12.9. The van der Waals surface area contributed by atoms with Gasteiger partial charge in [-0.15, -0.1) is 0 Å². The van der Waals surface area contributed by atoms with E-state index in [4.69, 9.17) is 9.73 Å². The molecule has 4 rings (SSSR count). The zero-order valence-corrected chi connectivity index (χ0v) is 14.8. The highest BCUT2D eigenvalue weighted by molar-refractivity contribution is 5.86. The van der Waals surface area contributed by atoms with E-state index in [0.29, 0.717) is 19.1 Å². The summed E-state index contributed by atoms with van der Waals surface area (Å²) in [7, 11) is 0. The van der Waals surface area contributed by atoms with Gasteiger partial charge in [-0.3, -0.25) is 4.99 Å². The minimum absolute atomic E-state index is 0.132. The molecule has 2 aliphatic rings. The van der Waals surface area contributed by atoms with Crippen LogP contribution in [0, 0.1) is 5.92 Å². The van der Waals surface area contributed by atoms with Crippen molar-refractivity contribution in [2.75, 3.05) is 6.61 Å². The number of benzene rings is 2. The highest BCUT2D eigenvalue weighted by Crippen LogP contribution is 2.33. The standard InChI is InChI=1S/C23H24N2O/c1-4-10-18(11-5-1)16-26-17-21-24-22(19-12-6-2-7-13-19)23(25-21)20-14-8-3-9-15-20/h1-14,20,22-23H,15-17H2,(H,24,25)/t20?,22-,23+/m1/s1. The number of rotatable bonds is 6. The molecule has 2 aromatic rings. The van der Waals surface area contributed by atoms with E-state index in [9.17, 15) is 0 Å². The van der Waals surface area contributed by atoms with E-state index < -0.39 is 0 Å². The van der Waals surface area contributed by atoms with Gasteiger partial charge in [0.25, 0.3) is 0 Å². The maximum absolute atomic E-state index is 5.90. The van der Waals surface area contributed by atoms with Crippen molar-refractivity contribution in [3.63, 3.8) is 0 Å². The minimum Gasteiger partial charge on any atom is -0.369 e. The normalized spacial score (nSPS) is 24.3. The molecule has 1 aliphatic heterocycles. The molecule has 1 aliphatic carbocycles. The lowest BCUT2D eigenvalue weighted by Crippen LogP contribution is -2.39. The van der Waals surface area contributed by atoms with Crippen molar-refractivity contribution in [1.29, 1.82) is 0 Å². The average molecular weight is 344 g/mol. The van der Waals surface area contributed by atoms with Crippen LogP contribution in [0.4, 0.5) is 0 Å². The van der Waals surface area contributed by atoms with Gasteiger partial charge in [-0.1, -0.05) is 85.0 Å². The van der Waals surface area contributed by atoms with Crippen LogP contribution in [0.3, 0.4) is 0 Å².